The molecule has 2 heteroatoms. The van der Waals surface area contributed by atoms with Gasteiger partial charge < -0.3 is 4.74 Å². The molecule has 2 atom stereocenters. The summed E-state index contributed by atoms with van der Waals surface area (Å²) in [5.41, 5.74) is 2.42. The van der Waals surface area contributed by atoms with Gasteiger partial charge in [0.15, 0.2) is 0 Å². The Balaban J connectivity index is 2.11. The van der Waals surface area contributed by atoms with Crippen LogP contribution in [0.15, 0.2) is 36.5 Å². The van der Waals surface area contributed by atoms with Crippen LogP contribution in [0.2, 0.25) is 0 Å². The molecule has 0 aromatic rings. The fourth-order valence-corrected chi connectivity index (χ4v) is 2.47. The average molecular weight is 204 g/mol. The van der Waals surface area contributed by atoms with E-state index in [4.69, 9.17) is 4.74 Å². The van der Waals surface area contributed by atoms with E-state index in [0.717, 1.165) is 12.0 Å². The van der Waals surface area contributed by atoms with Gasteiger partial charge in [0, 0.05) is 6.08 Å². The zero-order chi connectivity index (χ0) is 11.2. The number of carbonyl (C=O) groups is 1. The molecule has 0 aromatic carbocycles. The third-order valence-corrected chi connectivity index (χ3v) is 3.62. The first-order valence-corrected chi connectivity index (χ1v) is 5.21. The Kier molecular flexibility index (Phi) is 2.10. The van der Waals surface area contributed by atoms with Crippen molar-refractivity contribution < 1.29 is 9.53 Å². The summed E-state index contributed by atoms with van der Waals surface area (Å²) in [5, 5.41) is 0. The van der Waals surface area contributed by atoms with Gasteiger partial charge in [-0.2, -0.15) is 0 Å². The predicted octanol–water partition coefficient (Wildman–Crippen LogP) is 2.63. The van der Waals surface area contributed by atoms with Crippen molar-refractivity contribution in [3.8, 4) is 0 Å². The average Bonchev–Trinajstić information content (AvgIpc) is 2.19. The fraction of sp³-hybridized carbons (Fsp3) is 0.462. The maximum atomic E-state index is 11.1. The van der Waals surface area contributed by atoms with Crippen molar-refractivity contribution in [2.75, 3.05) is 0 Å². The van der Waals surface area contributed by atoms with Crippen LogP contribution in [-0.4, -0.2) is 12.1 Å². The van der Waals surface area contributed by atoms with Crippen molar-refractivity contribution >= 4 is 5.97 Å². The van der Waals surface area contributed by atoms with Crippen LogP contribution in [0, 0.1) is 11.3 Å². The van der Waals surface area contributed by atoms with Gasteiger partial charge in [-0.1, -0.05) is 33.1 Å². The summed E-state index contributed by atoms with van der Waals surface area (Å²) in [6.45, 7) is 11.8. The van der Waals surface area contributed by atoms with E-state index in [1.807, 2.05) is 0 Å². The van der Waals surface area contributed by atoms with Gasteiger partial charge in [0.1, 0.15) is 6.10 Å². The second kappa shape index (κ2) is 3.09. The van der Waals surface area contributed by atoms with Crippen molar-refractivity contribution in [3.05, 3.63) is 36.5 Å². The summed E-state index contributed by atoms with van der Waals surface area (Å²) in [6, 6.07) is 0. The Labute approximate surface area is 90.3 Å². The van der Waals surface area contributed by atoms with Crippen LogP contribution in [-0.2, 0) is 9.53 Å². The van der Waals surface area contributed by atoms with Crippen LogP contribution in [0.4, 0.5) is 0 Å². The topological polar surface area (TPSA) is 26.3 Å². The molecule has 0 aromatic heterocycles. The number of carbonyl (C=O) groups excluding carboxylic acids is 1. The first-order valence-electron chi connectivity index (χ1n) is 5.21. The Morgan fingerprint density at radius 3 is 2.80 bits per heavy atom. The van der Waals surface area contributed by atoms with Gasteiger partial charge in [-0.25, -0.2) is 4.79 Å². The van der Waals surface area contributed by atoms with Gasteiger partial charge in [0.25, 0.3) is 0 Å². The first-order chi connectivity index (χ1) is 6.96. The van der Waals surface area contributed by atoms with Crippen molar-refractivity contribution in [1.82, 2.24) is 0 Å². The first kappa shape index (κ1) is 10.2. The van der Waals surface area contributed by atoms with Crippen LogP contribution in [0.1, 0.15) is 20.3 Å². The molecule has 3 rings (SSSR count). The van der Waals surface area contributed by atoms with E-state index in [1.165, 1.54) is 11.6 Å². The maximum Gasteiger partial charge on any atom is 0.330 e. The highest BCUT2D eigenvalue weighted by Crippen LogP contribution is 2.56. The van der Waals surface area contributed by atoms with Gasteiger partial charge >= 0.3 is 5.97 Å². The second-order valence-electron chi connectivity index (χ2n) is 4.80. The molecule has 1 saturated carbocycles. The van der Waals surface area contributed by atoms with Gasteiger partial charge in [0.05, 0.1) is 0 Å². The molecule has 0 heterocycles. The zero-order valence-corrected chi connectivity index (χ0v) is 9.25. The third kappa shape index (κ3) is 1.36. The van der Waals surface area contributed by atoms with E-state index < -0.39 is 0 Å². The lowest BCUT2D eigenvalue weighted by atomic mass is 9.54. The Hall–Kier alpha value is -1.31. The normalized spacial score (nSPS) is 31.3. The van der Waals surface area contributed by atoms with E-state index in [2.05, 4.69) is 33.1 Å². The molecular formula is C13H16O2. The minimum Gasteiger partial charge on any atom is -0.454 e. The number of hydrogen-bond donors (Lipinski definition) is 0. The number of esters is 1. The van der Waals surface area contributed by atoms with Crippen molar-refractivity contribution in [2.45, 2.75) is 26.4 Å². The Morgan fingerprint density at radius 1 is 1.67 bits per heavy atom. The number of hydrogen-bond acceptors (Lipinski definition) is 2. The minimum absolute atomic E-state index is 0.145. The van der Waals surface area contributed by atoms with Gasteiger partial charge in [-0.3, -0.25) is 0 Å². The number of fused-ring (bicyclic) bond motifs is 2. The summed E-state index contributed by atoms with van der Waals surface area (Å²) in [5.74, 6) is 0.154. The SMILES string of the molecule is C=CC(=O)O[C@@H]1C[C@H]2C=C(C1=C)C2(C)C. The molecule has 2 nitrogen and oxygen atoms in total. The highest BCUT2D eigenvalue weighted by molar-refractivity contribution is 5.81. The quantitative estimate of drug-likeness (QED) is 0.510. The fourth-order valence-electron chi connectivity index (χ4n) is 2.47. The molecule has 0 amide bonds. The highest BCUT2D eigenvalue weighted by Gasteiger charge is 2.48. The summed E-state index contributed by atoms with van der Waals surface area (Å²) in [4.78, 5) is 11.1. The van der Waals surface area contributed by atoms with Crippen LogP contribution >= 0.6 is 0 Å². The highest BCUT2D eigenvalue weighted by atomic mass is 16.5. The second-order valence-corrected chi connectivity index (χ2v) is 4.80. The van der Waals surface area contributed by atoms with Crippen molar-refractivity contribution in [2.24, 2.45) is 11.3 Å². The monoisotopic (exact) mass is 204 g/mol. The van der Waals surface area contributed by atoms with E-state index in [1.54, 1.807) is 0 Å². The number of allylic oxidation sites excluding steroid dienone is 1. The van der Waals surface area contributed by atoms with Crippen molar-refractivity contribution in [3.63, 3.8) is 0 Å². The van der Waals surface area contributed by atoms with Crippen LogP contribution < -0.4 is 0 Å². The smallest absolute Gasteiger partial charge is 0.330 e. The van der Waals surface area contributed by atoms with E-state index in [0.29, 0.717) is 5.92 Å². The van der Waals surface area contributed by atoms with Crippen LogP contribution in [0.25, 0.3) is 0 Å². The molecule has 80 valence electrons. The molecule has 2 bridgehead atoms. The standard InChI is InChI=1S/C13H16O2/c1-5-12(14)15-11-7-9-6-10(8(11)2)13(9,3)4/h5-6,9,11H,1-2,7H2,3-4H3/t9-,11-/m1/s1. The lowest BCUT2D eigenvalue weighted by molar-refractivity contribution is -0.143. The molecule has 0 saturated heterocycles. The van der Waals surface area contributed by atoms with Crippen molar-refractivity contribution in [1.29, 1.82) is 0 Å². The summed E-state index contributed by atoms with van der Waals surface area (Å²) >= 11 is 0. The van der Waals surface area contributed by atoms with Crippen LogP contribution in [0.3, 0.4) is 0 Å². The number of ether oxygens (including phenoxy) is 1. The predicted molar refractivity (Wildman–Crippen MR) is 59.2 cm³/mol. The molecule has 1 fully saturated rings. The molecule has 0 spiro atoms. The Bertz CT molecular complexity index is 374. The maximum absolute atomic E-state index is 11.1. The molecular weight excluding hydrogens is 188 g/mol. The molecule has 0 radical (unpaired) electrons. The molecule has 3 aliphatic carbocycles. The molecule has 0 N–H and O–H groups in total. The molecule has 0 aliphatic heterocycles. The molecule has 3 aliphatic rings. The van der Waals surface area contributed by atoms with Gasteiger partial charge in [-0.15, -0.1) is 0 Å². The van der Waals surface area contributed by atoms with E-state index in [9.17, 15) is 4.79 Å². The molecule has 15 heavy (non-hydrogen) atoms. The van der Waals surface area contributed by atoms with E-state index >= 15 is 0 Å². The van der Waals surface area contributed by atoms with E-state index in [-0.39, 0.29) is 17.5 Å². The lowest BCUT2D eigenvalue weighted by Crippen LogP contribution is -2.45. The van der Waals surface area contributed by atoms with Gasteiger partial charge in [0.2, 0.25) is 0 Å². The number of rotatable bonds is 2. The summed E-state index contributed by atoms with van der Waals surface area (Å²) in [7, 11) is 0. The van der Waals surface area contributed by atoms with Gasteiger partial charge in [-0.05, 0) is 28.9 Å². The minimum atomic E-state index is -0.360. The molecule has 0 unspecified atom stereocenters. The van der Waals surface area contributed by atoms with Crippen LogP contribution in [0.5, 0.6) is 0 Å². The summed E-state index contributed by atoms with van der Waals surface area (Å²) < 4.78 is 5.25. The Morgan fingerprint density at radius 2 is 2.33 bits per heavy atom. The third-order valence-electron chi connectivity index (χ3n) is 3.62. The summed E-state index contributed by atoms with van der Waals surface area (Å²) in [6.07, 6.45) is 4.15. The largest absolute Gasteiger partial charge is 0.454 e. The zero-order valence-electron chi connectivity index (χ0n) is 9.25. The lowest BCUT2D eigenvalue weighted by Gasteiger charge is -2.51.